The lowest BCUT2D eigenvalue weighted by Gasteiger charge is -2.37. The molecule has 1 saturated heterocycles. The first-order chi connectivity index (χ1) is 12.5. The van der Waals surface area contributed by atoms with E-state index in [2.05, 4.69) is 10.6 Å². The molecule has 144 valence electrons. The summed E-state index contributed by atoms with van der Waals surface area (Å²) in [7, 11) is 0. The summed E-state index contributed by atoms with van der Waals surface area (Å²) >= 11 is 6.35. The monoisotopic (exact) mass is 407 g/mol. The number of halogens is 2. The zero-order valence-electron chi connectivity index (χ0n) is 15.1. The zero-order chi connectivity index (χ0) is 18.5. The van der Waals surface area contributed by atoms with Crippen molar-refractivity contribution in [3.8, 4) is 0 Å². The van der Waals surface area contributed by atoms with Crippen LogP contribution in [0.3, 0.4) is 0 Å². The standard InChI is InChI=1S/C20H22ClN3O2.ClH/c1-14(25)23-16-8-6-15(7-9-16)12-20(26)24-11-10-22-13-19(24)17-4-2-3-5-18(17)21;/h2-9,19,22H,10-13H2,1H3,(H,23,25);1H. The Hall–Kier alpha value is -2.08. The van der Waals surface area contributed by atoms with Crippen LogP contribution in [0.5, 0.6) is 0 Å². The second kappa shape index (κ2) is 9.74. The molecule has 1 aliphatic heterocycles. The number of carbonyl (C=O) groups is 2. The minimum absolute atomic E-state index is 0. The van der Waals surface area contributed by atoms with E-state index in [0.29, 0.717) is 24.5 Å². The molecule has 1 heterocycles. The highest BCUT2D eigenvalue weighted by Gasteiger charge is 2.28. The quantitative estimate of drug-likeness (QED) is 0.815. The Morgan fingerprint density at radius 1 is 1.19 bits per heavy atom. The van der Waals surface area contributed by atoms with Gasteiger partial charge in [-0.1, -0.05) is 41.9 Å². The van der Waals surface area contributed by atoms with Crippen molar-refractivity contribution >= 4 is 41.5 Å². The summed E-state index contributed by atoms with van der Waals surface area (Å²) in [6.07, 6.45) is 0.321. The molecule has 2 amide bonds. The number of nitrogens with one attached hydrogen (secondary N) is 2. The van der Waals surface area contributed by atoms with Gasteiger partial charge in [0.15, 0.2) is 0 Å². The second-order valence-corrected chi connectivity index (χ2v) is 6.79. The molecule has 2 aromatic rings. The van der Waals surface area contributed by atoms with Crippen molar-refractivity contribution in [2.45, 2.75) is 19.4 Å². The van der Waals surface area contributed by atoms with Gasteiger partial charge in [-0.15, -0.1) is 12.4 Å². The van der Waals surface area contributed by atoms with Gasteiger partial charge in [0, 0.05) is 37.3 Å². The summed E-state index contributed by atoms with van der Waals surface area (Å²) in [5.41, 5.74) is 2.61. The smallest absolute Gasteiger partial charge is 0.227 e. The molecule has 0 aliphatic carbocycles. The summed E-state index contributed by atoms with van der Waals surface area (Å²) in [5.74, 6) is -0.0408. The molecule has 3 rings (SSSR count). The van der Waals surface area contributed by atoms with Gasteiger partial charge in [-0.05, 0) is 29.3 Å². The molecule has 1 aliphatic rings. The fourth-order valence-electron chi connectivity index (χ4n) is 3.21. The summed E-state index contributed by atoms with van der Waals surface area (Å²) < 4.78 is 0. The fraction of sp³-hybridized carbons (Fsp3) is 0.300. The highest BCUT2D eigenvalue weighted by atomic mass is 35.5. The van der Waals surface area contributed by atoms with Crippen LogP contribution in [0.15, 0.2) is 48.5 Å². The molecule has 0 bridgehead atoms. The van der Waals surface area contributed by atoms with Gasteiger partial charge in [0.25, 0.3) is 0 Å². The van der Waals surface area contributed by atoms with Gasteiger partial charge in [-0.3, -0.25) is 9.59 Å². The number of carbonyl (C=O) groups excluding carboxylic acids is 2. The molecular weight excluding hydrogens is 385 g/mol. The first kappa shape index (κ1) is 21.2. The van der Waals surface area contributed by atoms with Crippen molar-refractivity contribution in [1.29, 1.82) is 0 Å². The molecule has 0 saturated carbocycles. The predicted molar refractivity (Wildman–Crippen MR) is 110 cm³/mol. The minimum atomic E-state index is -0.114. The van der Waals surface area contributed by atoms with Gasteiger partial charge >= 0.3 is 0 Å². The van der Waals surface area contributed by atoms with E-state index in [1.165, 1.54) is 6.92 Å². The molecule has 1 unspecified atom stereocenters. The van der Waals surface area contributed by atoms with Gasteiger partial charge < -0.3 is 15.5 Å². The summed E-state index contributed by atoms with van der Waals surface area (Å²) in [5, 5.41) is 6.75. The van der Waals surface area contributed by atoms with Crippen LogP contribution in [0, 0.1) is 0 Å². The molecule has 2 N–H and O–H groups in total. The van der Waals surface area contributed by atoms with Crippen LogP contribution in [-0.2, 0) is 16.0 Å². The van der Waals surface area contributed by atoms with Crippen LogP contribution in [0.4, 0.5) is 5.69 Å². The average molecular weight is 408 g/mol. The largest absolute Gasteiger partial charge is 0.333 e. The van der Waals surface area contributed by atoms with Crippen molar-refractivity contribution in [1.82, 2.24) is 10.2 Å². The third-order valence-corrected chi connectivity index (χ3v) is 4.80. The Kier molecular flexibility index (Phi) is 7.66. The van der Waals surface area contributed by atoms with E-state index in [-0.39, 0.29) is 30.3 Å². The average Bonchev–Trinajstić information content (AvgIpc) is 2.63. The molecule has 0 radical (unpaired) electrons. The van der Waals surface area contributed by atoms with E-state index < -0.39 is 0 Å². The van der Waals surface area contributed by atoms with Crippen LogP contribution < -0.4 is 10.6 Å². The Morgan fingerprint density at radius 3 is 2.56 bits per heavy atom. The third-order valence-electron chi connectivity index (χ3n) is 4.46. The number of hydrogen-bond acceptors (Lipinski definition) is 3. The van der Waals surface area contributed by atoms with E-state index in [4.69, 9.17) is 11.6 Å². The summed E-state index contributed by atoms with van der Waals surface area (Å²) in [4.78, 5) is 25.9. The van der Waals surface area contributed by atoms with Crippen LogP contribution in [0.2, 0.25) is 5.02 Å². The Labute approximate surface area is 170 Å². The lowest BCUT2D eigenvalue weighted by atomic mass is 10.0. The number of nitrogens with zero attached hydrogens (tertiary/aromatic N) is 1. The second-order valence-electron chi connectivity index (χ2n) is 6.38. The molecule has 1 atom stereocenters. The maximum Gasteiger partial charge on any atom is 0.227 e. The maximum absolute atomic E-state index is 12.9. The van der Waals surface area contributed by atoms with E-state index >= 15 is 0 Å². The van der Waals surface area contributed by atoms with Crippen molar-refractivity contribution in [3.63, 3.8) is 0 Å². The summed E-state index contributed by atoms with van der Waals surface area (Å²) in [6.45, 7) is 3.58. The zero-order valence-corrected chi connectivity index (χ0v) is 16.6. The first-order valence-corrected chi connectivity index (χ1v) is 9.03. The highest BCUT2D eigenvalue weighted by molar-refractivity contribution is 6.31. The van der Waals surface area contributed by atoms with Crippen molar-refractivity contribution in [3.05, 3.63) is 64.7 Å². The van der Waals surface area contributed by atoms with Crippen molar-refractivity contribution in [2.75, 3.05) is 25.0 Å². The third kappa shape index (κ3) is 5.45. The molecule has 27 heavy (non-hydrogen) atoms. The fourth-order valence-corrected chi connectivity index (χ4v) is 3.47. The minimum Gasteiger partial charge on any atom is -0.333 e. The molecule has 0 aromatic heterocycles. The van der Waals surface area contributed by atoms with Crippen LogP contribution in [0.25, 0.3) is 0 Å². The van der Waals surface area contributed by atoms with Crippen LogP contribution >= 0.6 is 24.0 Å². The van der Waals surface area contributed by atoms with Crippen LogP contribution in [-0.4, -0.2) is 36.3 Å². The topological polar surface area (TPSA) is 61.4 Å². The van der Waals surface area contributed by atoms with E-state index in [1.54, 1.807) is 0 Å². The number of amides is 2. The normalized spacial score (nSPS) is 16.4. The Balaban J connectivity index is 0.00000261. The lowest BCUT2D eigenvalue weighted by molar-refractivity contribution is -0.133. The van der Waals surface area contributed by atoms with E-state index in [1.807, 2.05) is 53.4 Å². The number of anilines is 1. The van der Waals surface area contributed by atoms with Crippen LogP contribution in [0.1, 0.15) is 24.1 Å². The molecule has 1 fully saturated rings. The predicted octanol–water partition coefficient (Wildman–Crippen LogP) is 3.44. The van der Waals surface area contributed by atoms with Crippen molar-refractivity contribution in [2.24, 2.45) is 0 Å². The lowest BCUT2D eigenvalue weighted by Crippen LogP contribution is -2.49. The highest BCUT2D eigenvalue weighted by Crippen LogP contribution is 2.29. The Bertz CT molecular complexity index is 796. The molecule has 5 nitrogen and oxygen atoms in total. The number of piperazine rings is 1. The Morgan fingerprint density at radius 2 is 1.89 bits per heavy atom. The molecule has 7 heteroatoms. The van der Waals surface area contributed by atoms with Gasteiger partial charge in [0.05, 0.1) is 12.5 Å². The molecular formula is C20H23Cl2N3O2. The number of hydrogen-bond donors (Lipinski definition) is 2. The number of benzene rings is 2. The number of rotatable bonds is 4. The van der Waals surface area contributed by atoms with Crippen molar-refractivity contribution < 1.29 is 9.59 Å². The maximum atomic E-state index is 12.9. The van der Waals surface area contributed by atoms with E-state index in [0.717, 1.165) is 23.4 Å². The van der Waals surface area contributed by atoms with Gasteiger partial charge in [0.2, 0.25) is 11.8 Å². The SMILES string of the molecule is CC(=O)Nc1ccc(CC(=O)N2CCNCC2c2ccccc2Cl)cc1.Cl. The summed E-state index contributed by atoms with van der Waals surface area (Å²) in [6, 6.07) is 15.0. The van der Waals surface area contributed by atoms with Gasteiger partial charge in [-0.2, -0.15) is 0 Å². The molecule has 2 aromatic carbocycles. The molecule has 0 spiro atoms. The van der Waals surface area contributed by atoms with Gasteiger partial charge in [-0.25, -0.2) is 0 Å². The van der Waals surface area contributed by atoms with Gasteiger partial charge in [0.1, 0.15) is 0 Å². The van der Waals surface area contributed by atoms with E-state index in [9.17, 15) is 9.59 Å². The first-order valence-electron chi connectivity index (χ1n) is 8.66.